The molecule has 0 bridgehead atoms. The number of Topliss-reactive ketones (excluding diaryl/α,β-unsaturated/α-hetero) is 1. The molecule has 1 aromatic rings. The number of aromatic hydroxyl groups is 1. The van der Waals surface area contributed by atoms with E-state index >= 15 is 0 Å². The number of rotatable bonds is 7. The Balaban J connectivity index is 2.71. The van der Waals surface area contributed by atoms with Crippen molar-refractivity contribution in [1.82, 2.24) is 4.90 Å². The van der Waals surface area contributed by atoms with Gasteiger partial charge >= 0.3 is 0 Å². The largest absolute Gasteiger partial charge is 0.507 e. The Hall–Kier alpha value is -1.46. The van der Waals surface area contributed by atoms with E-state index in [2.05, 4.69) is 0 Å². The van der Waals surface area contributed by atoms with Gasteiger partial charge in [0.05, 0.1) is 12.1 Å². The predicted molar refractivity (Wildman–Crippen MR) is 66.2 cm³/mol. The highest BCUT2D eigenvalue weighted by atomic mass is 19.1. The number of aliphatic hydroxyl groups is 1. The maximum absolute atomic E-state index is 13.0. The van der Waals surface area contributed by atoms with E-state index in [9.17, 15) is 14.3 Å². The monoisotopic (exact) mass is 255 g/mol. The van der Waals surface area contributed by atoms with Crippen LogP contribution in [0.25, 0.3) is 0 Å². The van der Waals surface area contributed by atoms with Crippen molar-refractivity contribution < 1.29 is 19.4 Å². The number of carbonyl (C=O) groups is 1. The van der Waals surface area contributed by atoms with Gasteiger partial charge in [0.25, 0.3) is 0 Å². The van der Waals surface area contributed by atoms with Gasteiger partial charge in [0.1, 0.15) is 11.6 Å². The zero-order valence-electron chi connectivity index (χ0n) is 10.4. The average Bonchev–Trinajstić information content (AvgIpc) is 2.37. The molecule has 0 fully saturated rings. The lowest BCUT2D eigenvalue weighted by Gasteiger charge is -2.19. The summed E-state index contributed by atoms with van der Waals surface area (Å²) in [5.74, 6) is -1.08. The summed E-state index contributed by atoms with van der Waals surface area (Å²) in [6.45, 7) is 3.32. The molecule has 0 unspecified atom stereocenters. The minimum atomic E-state index is -0.547. The van der Waals surface area contributed by atoms with Crippen LogP contribution in [0.1, 0.15) is 23.7 Å². The highest BCUT2D eigenvalue weighted by Gasteiger charge is 2.15. The van der Waals surface area contributed by atoms with Crippen LogP contribution < -0.4 is 0 Å². The van der Waals surface area contributed by atoms with Crippen LogP contribution >= 0.6 is 0 Å². The summed E-state index contributed by atoms with van der Waals surface area (Å²) in [6, 6.07) is 3.32. The first kappa shape index (κ1) is 14.6. The molecule has 0 saturated heterocycles. The van der Waals surface area contributed by atoms with E-state index in [1.54, 1.807) is 0 Å². The molecular weight excluding hydrogens is 237 g/mol. The quantitative estimate of drug-likeness (QED) is 0.723. The van der Waals surface area contributed by atoms with Crippen LogP contribution in [0.2, 0.25) is 0 Å². The van der Waals surface area contributed by atoms with Gasteiger partial charge in [-0.1, -0.05) is 6.92 Å². The topological polar surface area (TPSA) is 60.8 Å². The van der Waals surface area contributed by atoms with Crippen LogP contribution in [0.15, 0.2) is 18.2 Å². The number of hydrogen-bond acceptors (Lipinski definition) is 4. The molecule has 1 rings (SSSR count). The number of phenols is 1. The fourth-order valence-corrected chi connectivity index (χ4v) is 1.66. The maximum Gasteiger partial charge on any atom is 0.180 e. The van der Waals surface area contributed by atoms with E-state index in [0.717, 1.165) is 12.1 Å². The van der Waals surface area contributed by atoms with E-state index < -0.39 is 5.82 Å². The number of benzene rings is 1. The number of likely N-dealkylation sites (N-methyl/N-ethyl adjacent to an activating group) is 1. The molecular formula is C13H18FNO3. The molecule has 0 aliphatic heterocycles. The zero-order valence-corrected chi connectivity index (χ0v) is 10.4. The van der Waals surface area contributed by atoms with Crippen molar-refractivity contribution in [3.63, 3.8) is 0 Å². The number of carbonyl (C=O) groups excluding carboxylic acids is 1. The van der Waals surface area contributed by atoms with Crippen molar-refractivity contribution in [3.05, 3.63) is 29.6 Å². The first-order chi connectivity index (χ1) is 8.58. The highest BCUT2D eigenvalue weighted by Crippen LogP contribution is 2.18. The number of phenolic OH excluding ortho intramolecular Hbond substituents is 1. The third-order valence-electron chi connectivity index (χ3n) is 2.71. The minimum absolute atomic E-state index is 0.00236. The molecule has 1 aromatic carbocycles. The Morgan fingerprint density at radius 1 is 1.44 bits per heavy atom. The van der Waals surface area contributed by atoms with Crippen LogP contribution in [0.4, 0.5) is 4.39 Å². The van der Waals surface area contributed by atoms with Gasteiger partial charge in [-0.2, -0.15) is 0 Å². The average molecular weight is 255 g/mol. The number of nitrogens with zero attached hydrogens (tertiary/aromatic N) is 1. The lowest BCUT2D eigenvalue weighted by molar-refractivity contribution is 0.0925. The Labute approximate surface area is 106 Å². The molecule has 0 saturated carbocycles. The SMILES string of the molecule is CCN(CCCO)CC(=O)c1cc(F)ccc1O. The molecule has 18 heavy (non-hydrogen) atoms. The summed E-state index contributed by atoms with van der Waals surface area (Å²) < 4.78 is 13.0. The van der Waals surface area contributed by atoms with Gasteiger partial charge in [-0.3, -0.25) is 9.69 Å². The predicted octanol–water partition coefficient (Wildman–Crippen LogP) is 1.42. The summed E-state index contributed by atoms with van der Waals surface area (Å²) in [5.41, 5.74) is -0.00236. The van der Waals surface area contributed by atoms with Gasteiger partial charge in [-0.15, -0.1) is 0 Å². The van der Waals surface area contributed by atoms with Crippen molar-refractivity contribution >= 4 is 5.78 Å². The van der Waals surface area contributed by atoms with E-state index in [0.29, 0.717) is 19.5 Å². The molecule has 0 amide bonds. The molecule has 100 valence electrons. The summed E-state index contributed by atoms with van der Waals surface area (Å²) in [4.78, 5) is 13.8. The Morgan fingerprint density at radius 3 is 2.78 bits per heavy atom. The number of hydrogen-bond donors (Lipinski definition) is 2. The van der Waals surface area contributed by atoms with Crippen molar-refractivity contribution in [2.24, 2.45) is 0 Å². The molecule has 0 radical (unpaired) electrons. The molecule has 0 aliphatic carbocycles. The lowest BCUT2D eigenvalue weighted by Crippen LogP contribution is -2.31. The molecule has 0 atom stereocenters. The van der Waals surface area contributed by atoms with Crippen molar-refractivity contribution in [1.29, 1.82) is 0 Å². The maximum atomic E-state index is 13.0. The molecule has 4 nitrogen and oxygen atoms in total. The first-order valence-corrected chi connectivity index (χ1v) is 5.93. The second-order valence-electron chi connectivity index (χ2n) is 4.03. The summed E-state index contributed by atoms with van der Waals surface area (Å²) in [5, 5.41) is 18.3. The Kier molecular flexibility index (Phi) is 5.74. The molecule has 0 heterocycles. The molecule has 0 aliphatic rings. The van der Waals surface area contributed by atoms with Gasteiger partial charge in [0, 0.05) is 13.2 Å². The molecule has 5 heteroatoms. The van der Waals surface area contributed by atoms with E-state index in [1.807, 2.05) is 11.8 Å². The van der Waals surface area contributed by atoms with E-state index in [-0.39, 0.29) is 30.2 Å². The van der Waals surface area contributed by atoms with Crippen LogP contribution in [0.3, 0.4) is 0 Å². The lowest BCUT2D eigenvalue weighted by atomic mass is 10.1. The highest BCUT2D eigenvalue weighted by molar-refractivity contribution is 5.99. The van der Waals surface area contributed by atoms with Crippen LogP contribution in [0, 0.1) is 5.82 Å². The third kappa shape index (κ3) is 4.09. The Bertz CT molecular complexity index is 409. The van der Waals surface area contributed by atoms with Gasteiger partial charge < -0.3 is 10.2 Å². The van der Waals surface area contributed by atoms with Crippen LogP contribution in [-0.4, -0.2) is 47.1 Å². The second kappa shape index (κ2) is 7.08. The fraction of sp³-hybridized carbons (Fsp3) is 0.462. The van der Waals surface area contributed by atoms with E-state index in [4.69, 9.17) is 5.11 Å². The van der Waals surface area contributed by atoms with Crippen molar-refractivity contribution in [2.45, 2.75) is 13.3 Å². The summed E-state index contributed by atoms with van der Waals surface area (Å²) >= 11 is 0. The molecule has 0 aromatic heterocycles. The van der Waals surface area contributed by atoms with Crippen molar-refractivity contribution in [3.8, 4) is 5.75 Å². The Morgan fingerprint density at radius 2 is 2.17 bits per heavy atom. The van der Waals surface area contributed by atoms with E-state index in [1.165, 1.54) is 6.07 Å². The molecule has 2 N–H and O–H groups in total. The van der Waals surface area contributed by atoms with Crippen LogP contribution in [0.5, 0.6) is 5.75 Å². The number of halogens is 1. The number of ketones is 1. The van der Waals surface area contributed by atoms with Gasteiger partial charge in [0.15, 0.2) is 5.78 Å². The third-order valence-corrected chi connectivity index (χ3v) is 2.71. The second-order valence-corrected chi connectivity index (χ2v) is 4.03. The standard InChI is InChI=1S/C13H18FNO3/c1-2-15(6-3-7-16)9-13(18)11-8-10(14)4-5-12(11)17/h4-5,8,16-17H,2-3,6-7,9H2,1H3. The number of aliphatic hydroxyl groups excluding tert-OH is 1. The van der Waals surface area contributed by atoms with Crippen LogP contribution in [-0.2, 0) is 0 Å². The fourth-order valence-electron chi connectivity index (χ4n) is 1.66. The normalized spacial score (nSPS) is 10.9. The van der Waals surface area contributed by atoms with Gasteiger partial charge in [0.2, 0.25) is 0 Å². The summed E-state index contributed by atoms with van der Waals surface area (Å²) in [6.07, 6.45) is 0.580. The summed E-state index contributed by atoms with van der Waals surface area (Å²) in [7, 11) is 0. The molecule has 0 spiro atoms. The van der Waals surface area contributed by atoms with Gasteiger partial charge in [-0.05, 0) is 31.2 Å². The van der Waals surface area contributed by atoms with Gasteiger partial charge in [-0.25, -0.2) is 4.39 Å². The van der Waals surface area contributed by atoms with Crippen molar-refractivity contribution in [2.75, 3.05) is 26.2 Å². The first-order valence-electron chi connectivity index (χ1n) is 5.93. The zero-order chi connectivity index (χ0) is 13.5. The minimum Gasteiger partial charge on any atom is -0.507 e. The smallest absolute Gasteiger partial charge is 0.180 e.